The van der Waals surface area contributed by atoms with E-state index in [-0.39, 0.29) is 50.0 Å². The van der Waals surface area contributed by atoms with Gasteiger partial charge < -0.3 is 34.5 Å². The van der Waals surface area contributed by atoms with Crippen molar-refractivity contribution in [3.63, 3.8) is 0 Å². The fourth-order valence-corrected chi connectivity index (χ4v) is 7.18. The number of aromatic hydroxyl groups is 1. The molecule has 1 saturated heterocycles. The van der Waals surface area contributed by atoms with Gasteiger partial charge in [-0.1, -0.05) is 18.7 Å². The Morgan fingerprint density at radius 2 is 1.97 bits per heavy atom. The van der Waals surface area contributed by atoms with Crippen LogP contribution in [0.15, 0.2) is 24.8 Å². The van der Waals surface area contributed by atoms with Crippen LogP contribution >= 0.6 is 0 Å². The van der Waals surface area contributed by atoms with Gasteiger partial charge in [0, 0.05) is 48.0 Å². The number of methoxy groups -OCH3 is 1. The van der Waals surface area contributed by atoms with Crippen molar-refractivity contribution in [1.82, 2.24) is 9.80 Å². The molecule has 2 bridgehead atoms. The number of benzene rings is 2. The summed E-state index contributed by atoms with van der Waals surface area (Å²) in [5.41, 5.74) is 11.3. The van der Waals surface area contributed by atoms with E-state index in [1.54, 1.807) is 19.3 Å². The number of phenols is 1. The fraction of sp³-hybridized carbons (Fsp3) is 0.483. The topological polar surface area (TPSA) is 123 Å². The van der Waals surface area contributed by atoms with Gasteiger partial charge in [0.2, 0.25) is 6.79 Å². The normalized spacial score (nSPS) is 26.7. The lowest BCUT2D eigenvalue weighted by Gasteiger charge is -2.60. The predicted molar refractivity (Wildman–Crippen MR) is 142 cm³/mol. The number of hydrogen-bond donors (Lipinski definition) is 2. The molecule has 2 aromatic rings. The molecule has 10 nitrogen and oxygen atoms in total. The number of phenolic OH excluding ortho intramolecular Hbond substituents is 1. The number of nitrogens with zero attached hydrogens (tertiary/aromatic N) is 3. The van der Waals surface area contributed by atoms with Crippen molar-refractivity contribution in [2.75, 3.05) is 40.9 Å². The maximum absolute atomic E-state index is 10.9. The molecule has 0 radical (unpaired) electrons. The van der Waals surface area contributed by atoms with Crippen molar-refractivity contribution in [1.29, 1.82) is 5.26 Å². The third-order valence-electron chi connectivity index (χ3n) is 8.65. The first-order valence-corrected chi connectivity index (χ1v) is 13.2. The zero-order valence-electron chi connectivity index (χ0n) is 22.5. The molecule has 0 saturated carbocycles. The zero-order chi connectivity index (χ0) is 27.4. The smallest absolute Gasteiger partial charge is 0.231 e. The summed E-state index contributed by atoms with van der Waals surface area (Å²) in [7, 11) is 3.60. The lowest BCUT2D eigenvalue weighted by Crippen LogP contribution is -2.68. The van der Waals surface area contributed by atoms with E-state index in [9.17, 15) is 10.4 Å². The average Bonchev–Trinajstić information content (AvgIpc) is 3.43. The Hall–Kier alpha value is -3.49. The Balaban J connectivity index is 1.58. The van der Waals surface area contributed by atoms with Crippen LogP contribution in [0.3, 0.4) is 0 Å². The highest BCUT2D eigenvalue weighted by Crippen LogP contribution is 2.58. The van der Waals surface area contributed by atoms with E-state index in [0.29, 0.717) is 36.7 Å². The van der Waals surface area contributed by atoms with Gasteiger partial charge in [0.25, 0.3) is 0 Å². The number of piperazine rings is 1. The van der Waals surface area contributed by atoms with Crippen LogP contribution in [0.5, 0.6) is 28.7 Å². The lowest BCUT2D eigenvalue weighted by atomic mass is 9.72. The minimum atomic E-state index is -0.417. The van der Waals surface area contributed by atoms with E-state index in [0.717, 1.165) is 33.6 Å². The summed E-state index contributed by atoms with van der Waals surface area (Å²) in [6.45, 7) is 6.55. The van der Waals surface area contributed by atoms with Gasteiger partial charge in [-0.05, 0) is 38.4 Å². The number of fused-ring (bicyclic) bond motifs is 9. The molecule has 4 aliphatic heterocycles. The quantitative estimate of drug-likeness (QED) is 0.405. The summed E-state index contributed by atoms with van der Waals surface area (Å²) in [6, 6.07) is 5.09. The molecule has 1 fully saturated rings. The van der Waals surface area contributed by atoms with Gasteiger partial charge in [0.05, 0.1) is 18.2 Å². The zero-order valence-corrected chi connectivity index (χ0v) is 22.5. The van der Waals surface area contributed by atoms with E-state index in [1.807, 2.05) is 13.0 Å². The SMILES string of the molecule is C=CCOc1c(C)c2c(c3c1CC1[C@@H]4c5c(ccc(O)c5OCOC)C[C@H]([C@H](C#N)N1[C@H]3CN)N4C)OCO2. The highest BCUT2D eigenvalue weighted by Gasteiger charge is 2.56. The average molecular weight is 535 g/mol. The van der Waals surface area contributed by atoms with Crippen molar-refractivity contribution < 1.29 is 28.8 Å². The molecule has 0 amide bonds. The van der Waals surface area contributed by atoms with Crippen molar-refractivity contribution in [2.24, 2.45) is 5.73 Å². The number of nitrogens with two attached hydrogens (primary N) is 1. The van der Waals surface area contributed by atoms with E-state index in [1.165, 1.54) is 0 Å². The Bertz CT molecular complexity index is 1360. The van der Waals surface area contributed by atoms with Gasteiger partial charge in [-0.2, -0.15) is 5.26 Å². The van der Waals surface area contributed by atoms with Crippen LogP contribution in [0.25, 0.3) is 0 Å². The molecule has 39 heavy (non-hydrogen) atoms. The third kappa shape index (κ3) is 3.68. The minimum absolute atomic E-state index is 0.00947. The molecule has 0 aromatic heterocycles. The molecular weight excluding hydrogens is 500 g/mol. The molecule has 1 unspecified atom stereocenters. The molecule has 206 valence electrons. The van der Waals surface area contributed by atoms with Gasteiger partial charge in [-0.25, -0.2) is 0 Å². The molecule has 10 heteroatoms. The molecule has 0 spiro atoms. The van der Waals surface area contributed by atoms with Crippen LogP contribution < -0.4 is 24.7 Å². The Labute approximate surface area is 228 Å². The number of nitriles is 1. The molecule has 3 N–H and O–H groups in total. The van der Waals surface area contributed by atoms with E-state index >= 15 is 0 Å². The van der Waals surface area contributed by atoms with E-state index < -0.39 is 6.04 Å². The molecule has 5 atom stereocenters. The van der Waals surface area contributed by atoms with Crippen molar-refractivity contribution in [2.45, 2.75) is 50.0 Å². The fourth-order valence-electron chi connectivity index (χ4n) is 7.18. The molecule has 2 aromatic carbocycles. The summed E-state index contributed by atoms with van der Waals surface area (Å²) in [5.74, 6) is 2.57. The maximum Gasteiger partial charge on any atom is 0.231 e. The summed E-state index contributed by atoms with van der Waals surface area (Å²) in [6.07, 6.45) is 2.93. The van der Waals surface area contributed by atoms with E-state index in [4.69, 9.17) is 29.4 Å². The summed E-state index contributed by atoms with van der Waals surface area (Å²) in [4.78, 5) is 4.53. The minimum Gasteiger partial charge on any atom is -0.504 e. The standard InChI is InChI=1S/C29H34N4O6/c1-5-8-36-26-15(2)27-29(39-14-38-27)24-17(26)10-19-25-23-16(6-7-22(34)28(23)37-13-35-4)9-18(32(25)3)20(11-30)33(19)21(24)12-31/h5-7,18-21,25,34H,1,8-10,12-14,31H2,2-4H3/t18-,19?,20+,21+,25-/m1/s1. The van der Waals surface area contributed by atoms with Gasteiger partial charge >= 0.3 is 0 Å². The first kappa shape index (κ1) is 25.8. The number of rotatable bonds is 7. The molecule has 4 aliphatic rings. The number of likely N-dealkylation sites (N-methyl/N-ethyl adjacent to an activating group) is 1. The van der Waals surface area contributed by atoms with Gasteiger partial charge in [-0.3, -0.25) is 9.80 Å². The highest BCUT2D eigenvalue weighted by molar-refractivity contribution is 5.66. The summed E-state index contributed by atoms with van der Waals surface area (Å²) in [5, 5.41) is 21.4. The van der Waals surface area contributed by atoms with Crippen LogP contribution in [0, 0.1) is 18.3 Å². The van der Waals surface area contributed by atoms with Gasteiger partial charge in [0.1, 0.15) is 18.4 Å². The maximum atomic E-state index is 10.9. The Morgan fingerprint density at radius 1 is 1.18 bits per heavy atom. The van der Waals surface area contributed by atoms with Gasteiger partial charge in [0.15, 0.2) is 29.8 Å². The van der Waals surface area contributed by atoms with Crippen LogP contribution in [0.4, 0.5) is 0 Å². The van der Waals surface area contributed by atoms with Crippen LogP contribution in [-0.4, -0.2) is 73.9 Å². The van der Waals surface area contributed by atoms with Crippen molar-refractivity contribution >= 4 is 0 Å². The first-order valence-electron chi connectivity index (χ1n) is 13.2. The first-order chi connectivity index (χ1) is 19.0. The van der Waals surface area contributed by atoms with Crippen LogP contribution in [-0.2, 0) is 17.6 Å². The lowest BCUT2D eigenvalue weighted by molar-refractivity contribution is -0.0719. The van der Waals surface area contributed by atoms with Gasteiger partial charge in [-0.15, -0.1) is 0 Å². The van der Waals surface area contributed by atoms with Crippen LogP contribution in [0.2, 0.25) is 0 Å². The third-order valence-corrected chi connectivity index (χ3v) is 8.65. The van der Waals surface area contributed by atoms with Crippen LogP contribution in [0.1, 0.15) is 39.9 Å². The summed E-state index contributed by atoms with van der Waals surface area (Å²) >= 11 is 0. The van der Waals surface area contributed by atoms with E-state index in [2.05, 4.69) is 29.5 Å². The second-order valence-electron chi connectivity index (χ2n) is 10.5. The second kappa shape index (κ2) is 9.92. The summed E-state index contributed by atoms with van der Waals surface area (Å²) < 4.78 is 29.3. The molecule has 0 aliphatic carbocycles. The number of hydrogen-bond acceptors (Lipinski definition) is 10. The molecule has 4 heterocycles. The largest absolute Gasteiger partial charge is 0.504 e. The number of ether oxygens (including phenoxy) is 5. The monoisotopic (exact) mass is 534 g/mol. The Morgan fingerprint density at radius 3 is 2.69 bits per heavy atom. The Kier molecular flexibility index (Phi) is 6.55. The predicted octanol–water partition coefficient (Wildman–Crippen LogP) is 2.71. The van der Waals surface area contributed by atoms with Crippen molar-refractivity contribution in [3.8, 4) is 34.8 Å². The molecule has 6 rings (SSSR count). The molecular formula is C29H34N4O6. The second-order valence-corrected chi connectivity index (χ2v) is 10.5. The van der Waals surface area contributed by atoms with Crippen molar-refractivity contribution in [3.05, 3.63) is 52.6 Å². The highest BCUT2D eigenvalue weighted by atomic mass is 16.7.